The molecule has 0 saturated carbocycles. The van der Waals surface area contributed by atoms with Gasteiger partial charge < -0.3 is 4.98 Å². The molecule has 26 heavy (non-hydrogen) atoms. The summed E-state index contributed by atoms with van der Waals surface area (Å²) in [7, 11) is 0. The van der Waals surface area contributed by atoms with Crippen molar-refractivity contribution in [3.63, 3.8) is 0 Å². The van der Waals surface area contributed by atoms with Gasteiger partial charge in [-0.3, -0.25) is 4.79 Å². The topological polar surface area (TPSA) is 45.8 Å². The Labute approximate surface area is 160 Å². The van der Waals surface area contributed by atoms with E-state index in [1.54, 1.807) is 11.8 Å². The van der Waals surface area contributed by atoms with Crippen LogP contribution in [-0.2, 0) is 5.75 Å². The Morgan fingerprint density at radius 3 is 2.62 bits per heavy atom. The molecule has 0 unspecified atom stereocenters. The molecule has 130 valence electrons. The number of thioether (sulfide) groups is 1. The van der Waals surface area contributed by atoms with Gasteiger partial charge in [0, 0.05) is 16.7 Å². The summed E-state index contributed by atoms with van der Waals surface area (Å²) in [5.74, 6) is 0.789. The average molecular weight is 379 g/mol. The Morgan fingerprint density at radius 2 is 1.85 bits per heavy atom. The van der Waals surface area contributed by atoms with Crippen LogP contribution in [0.15, 0.2) is 63.9 Å². The molecule has 4 aromatic rings. The Morgan fingerprint density at radius 1 is 1.08 bits per heavy atom. The van der Waals surface area contributed by atoms with E-state index in [4.69, 9.17) is 0 Å². The third-order valence-corrected chi connectivity index (χ3v) is 6.20. The quantitative estimate of drug-likeness (QED) is 0.373. The van der Waals surface area contributed by atoms with Gasteiger partial charge in [-0.15, -0.1) is 11.3 Å². The molecule has 2 aromatic heterocycles. The Bertz CT molecular complexity index is 1130. The van der Waals surface area contributed by atoms with Gasteiger partial charge in [0.15, 0.2) is 5.16 Å². The van der Waals surface area contributed by atoms with Crippen molar-refractivity contribution in [1.29, 1.82) is 0 Å². The number of aromatic amines is 1. The van der Waals surface area contributed by atoms with E-state index in [0.717, 1.165) is 21.7 Å². The smallest absolute Gasteiger partial charge is 0.260 e. The van der Waals surface area contributed by atoms with Crippen molar-refractivity contribution in [3.05, 3.63) is 81.0 Å². The molecule has 1 N–H and O–H groups in total. The summed E-state index contributed by atoms with van der Waals surface area (Å²) < 4.78 is 0. The lowest BCUT2D eigenvalue weighted by atomic mass is 10.1. The zero-order valence-electron chi connectivity index (χ0n) is 14.6. The zero-order valence-corrected chi connectivity index (χ0v) is 16.2. The number of rotatable bonds is 4. The summed E-state index contributed by atoms with van der Waals surface area (Å²) in [5, 5.41) is 3.37. The van der Waals surface area contributed by atoms with Crippen LogP contribution in [0.2, 0.25) is 0 Å². The van der Waals surface area contributed by atoms with Crippen LogP contribution in [-0.4, -0.2) is 9.97 Å². The minimum Gasteiger partial charge on any atom is -0.301 e. The summed E-state index contributed by atoms with van der Waals surface area (Å²) in [6, 6.07) is 16.5. The largest absolute Gasteiger partial charge is 0.301 e. The van der Waals surface area contributed by atoms with Crippen molar-refractivity contribution in [2.75, 3.05) is 0 Å². The maximum atomic E-state index is 12.7. The van der Waals surface area contributed by atoms with Crippen molar-refractivity contribution in [2.24, 2.45) is 0 Å². The predicted molar refractivity (Wildman–Crippen MR) is 111 cm³/mol. The van der Waals surface area contributed by atoms with E-state index in [2.05, 4.69) is 60.2 Å². The minimum atomic E-state index is -0.0703. The molecule has 3 nitrogen and oxygen atoms in total. The van der Waals surface area contributed by atoms with E-state index in [-0.39, 0.29) is 5.56 Å². The molecule has 0 radical (unpaired) electrons. The van der Waals surface area contributed by atoms with E-state index in [9.17, 15) is 4.79 Å². The lowest BCUT2D eigenvalue weighted by Gasteiger charge is -2.05. The highest BCUT2D eigenvalue weighted by atomic mass is 32.2. The first kappa shape index (κ1) is 17.1. The van der Waals surface area contributed by atoms with Gasteiger partial charge in [-0.25, -0.2) is 4.98 Å². The summed E-state index contributed by atoms with van der Waals surface area (Å²) in [4.78, 5) is 21.1. The number of aryl methyl sites for hydroxylation is 2. The highest BCUT2D eigenvalue weighted by Gasteiger charge is 2.13. The maximum Gasteiger partial charge on any atom is 0.260 e. The second kappa shape index (κ2) is 7.09. The first-order chi connectivity index (χ1) is 12.6. The Balaban J connectivity index is 1.67. The molecule has 0 amide bonds. The maximum absolute atomic E-state index is 12.7. The highest BCUT2D eigenvalue weighted by Crippen LogP contribution is 2.32. The number of thiophene rings is 1. The number of nitrogens with zero attached hydrogens (tertiary/aromatic N) is 1. The number of aromatic nitrogens is 2. The minimum absolute atomic E-state index is 0.0703. The lowest BCUT2D eigenvalue weighted by Crippen LogP contribution is -2.08. The molecule has 0 spiro atoms. The van der Waals surface area contributed by atoms with Crippen LogP contribution >= 0.6 is 23.1 Å². The van der Waals surface area contributed by atoms with Gasteiger partial charge in [-0.05, 0) is 30.5 Å². The van der Waals surface area contributed by atoms with Gasteiger partial charge >= 0.3 is 0 Å². The van der Waals surface area contributed by atoms with Crippen molar-refractivity contribution in [3.8, 4) is 11.1 Å². The molecule has 4 rings (SSSR count). The van der Waals surface area contributed by atoms with Crippen molar-refractivity contribution >= 4 is 33.3 Å². The lowest BCUT2D eigenvalue weighted by molar-refractivity contribution is 0.979. The van der Waals surface area contributed by atoms with Crippen molar-refractivity contribution in [1.82, 2.24) is 9.97 Å². The molecule has 0 atom stereocenters. The van der Waals surface area contributed by atoms with Crippen LogP contribution in [0.5, 0.6) is 0 Å². The first-order valence-electron chi connectivity index (χ1n) is 8.37. The normalized spacial score (nSPS) is 11.2. The van der Waals surface area contributed by atoms with Crippen LogP contribution in [0.1, 0.15) is 16.7 Å². The number of nitrogens with one attached hydrogen (secondary N) is 1. The van der Waals surface area contributed by atoms with E-state index in [1.807, 2.05) is 17.5 Å². The average Bonchev–Trinajstić information content (AvgIpc) is 3.06. The molecular weight excluding hydrogens is 360 g/mol. The molecule has 5 heteroatoms. The van der Waals surface area contributed by atoms with Crippen molar-refractivity contribution < 1.29 is 0 Å². The molecule has 2 aromatic carbocycles. The predicted octanol–water partition coefficient (Wildman–Crippen LogP) is 5.56. The monoisotopic (exact) mass is 378 g/mol. The molecule has 0 aliphatic heterocycles. The molecule has 0 aliphatic carbocycles. The van der Waals surface area contributed by atoms with Crippen LogP contribution in [0.25, 0.3) is 21.3 Å². The molecule has 2 heterocycles. The first-order valence-corrected chi connectivity index (χ1v) is 10.2. The number of H-pyrrole nitrogens is 1. The third kappa shape index (κ3) is 3.32. The summed E-state index contributed by atoms with van der Waals surface area (Å²) in [6.45, 7) is 4.16. The van der Waals surface area contributed by atoms with Crippen molar-refractivity contribution in [2.45, 2.75) is 24.8 Å². The number of benzene rings is 2. The van der Waals surface area contributed by atoms with Crippen LogP contribution in [0.3, 0.4) is 0 Å². The Kier molecular flexibility index (Phi) is 4.66. The molecular formula is C21H18N2OS2. The zero-order chi connectivity index (χ0) is 18.1. The van der Waals surface area contributed by atoms with E-state index >= 15 is 0 Å². The summed E-state index contributed by atoms with van der Waals surface area (Å²) >= 11 is 3.09. The molecule has 0 saturated heterocycles. The molecule has 0 aliphatic rings. The SMILES string of the molecule is Cc1ccc(-c2csc3nc(SCc4ccccc4C)[nH]c(=O)c23)cc1. The van der Waals surface area contributed by atoms with E-state index < -0.39 is 0 Å². The van der Waals surface area contributed by atoms with Crippen LogP contribution in [0, 0.1) is 13.8 Å². The fourth-order valence-corrected chi connectivity index (χ4v) is 4.80. The van der Waals surface area contributed by atoms with Gasteiger partial charge in [-0.1, -0.05) is 65.9 Å². The van der Waals surface area contributed by atoms with Gasteiger partial charge in [0.05, 0.1) is 5.39 Å². The highest BCUT2D eigenvalue weighted by molar-refractivity contribution is 7.98. The van der Waals surface area contributed by atoms with Gasteiger partial charge in [-0.2, -0.15) is 0 Å². The third-order valence-electron chi connectivity index (χ3n) is 4.41. The van der Waals surface area contributed by atoms with Gasteiger partial charge in [0.25, 0.3) is 5.56 Å². The molecule has 0 bridgehead atoms. The standard InChI is InChI=1S/C21H18N2OS2/c1-13-7-9-15(10-8-13)17-12-25-20-18(17)19(24)22-21(23-20)26-11-16-6-4-3-5-14(16)2/h3-10,12H,11H2,1-2H3,(H,22,23,24). The van der Waals surface area contributed by atoms with E-state index in [1.165, 1.54) is 28.0 Å². The number of hydrogen-bond acceptors (Lipinski definition) is 4. The molecule has 0 fully saturated rings. The fraction of sp³-hybridized carbons (Fsp3) is 0.143. The summed E-state index contributed by atoms with van der Waals surface area (Å²) in [5.41, 5.74) is 5.64. The van der Waals surface area contributed by atoms with Crippen LogP contribution < -0.4 is 5.56 Å². The van der Waals surface area contributed by atoms with Gasteiger partial charge in [0.2, 0.25) is 0 Å². The fourth-order valence-electron chi connectivity index (χ4n) is 2.86. The van der Waals surface area contributed by atoms with Crippen LogP contribution in [0.4, 0.5) is 0 Å². The second-order valence-corrected chi connectivity index (χ2v) is 8.10. The summed E-state index contributed by atoms with van der Waals surface area (Å²) in [6.07, 6.45) is 0. The van der Waals surface area contributed by atoms with Gasteiger partial charge in [0.1, 0.15) is 4.83 Å². The number of hydrogen-bond donors (Lipinski definition) is 1. The number of fused-ring (bicyclic) bond motifs is 1. The second-order valence-electron chi connectivity index (χ2n) is 6.28. The van der Waals surface area contributed by atoms with E-state index in [0.29, 0.717) is 10.5 Å². The Hall–Kier alpha value is -2.37.